The van der Waals surface area contributed by atoms with E-state index < -0.39 is 5.97 Å². The van der Waals surface area contributed by atoms with Crippen molar-refractivity contribution in [2.75, 3.05) is 40.0 Å². The Kier molecular flexibility index (Phi) is 5.41. The topological polar surface area (TPSA) is 68.2 Å². The number of carbonyl (C=O) groups is 1. The van der Waals surface area contributed by atoms with E-state index in [1.807, 2.05) is 0 Å². The summed E-state index contributed by atoms with van der Waals surface area (Å²) in [4.78, 5) is 13.3. The third-order valence-corrected chi connectivity index (χ3v) is 3.51. The van der Waals surface area contributed by atoms with Crippen LogP contribution in [0.3, 0.4) is 0 Å². The molecule has 1 aromatic rings. The first-order chi connectivity index (χ1) is 10.1. The molecule has 1 unspecified atom stereocenters. The molecule has 1 fully saturated rings. The van der Waals surface area contributed by atoms with E-state index in [4.69, 9.17) is 19.3 Å². The molecule has 6 nitrogen and oxygen atoms in total. The van der Waals surface area contributed by atoms with Crippen LogP contribution in [0.25, 0.3) is 0 Å². The summed E-state index contributed by atoms with van der Waals surface area (Å²) in [5, 5.41) is 9.03. The molecule has 0 amide bonds. The van der Waals surface area contributed by atoms with E-state index in [0.29, 0.717) is 24.7 Å². The second-order valence-electron chi connectivity index (χ2n) is 4.87. The number of benzene rings is 1. The predicted octanol–water partition coefficient (Wildman–Crippen LogP) is 1.49. The molecule has 1 saturated heterocycles. The Morgan fingerprint density at radius 2 is 2.29 bits per heavy atom. The van der Waals surface area contributed by atoms with Crippen molar-refractivity contribution in [3.8, 4) is 11.5 Å². The smallest absolute Gasteiger partial charge is 0.335 e. The predicted molar refractivity (Wildman–Crippen MR) is 77.3 cm³/mol. The van der Waals surface area contributed by atoms with Crippen molar-refractivity contribution < 1.29 is 24.1 Å². The number of methoxy groups -OCH3 is 1. The number of carboxylic acid groups (broad SMARTS) is 1. The second kappa shape index (κ2) is 7.28. The molecule has 6 heteroatoms. The van der Waals surface area contributed by atoms with Crippen molar-refractivity contribution in [1.82, 2.24) is 4.90 Å². The minimum atomic E-state index is -0.992. The molecule has 1 aliphatic rings. The third-order valence-electron chi connectivity index (χ3n) is 3.51. The Balaban J connectivity index is 2.01. The van der Waals surface area contributed by atoms with Crippen LogP contribution >= 0.6 is 0 Å². The lowest BCUT2D eigenvalue weighted by molar-refractivity contribution is -0.0466. The highest BCUT2D eigenvalue weighted by atomic mass is 16.5. The van der Waals surface area contributed by atoms with E-state index >= 15 is 0 Å². The first-order valence-electron chi connectivity index (χ1n) is 7.02. The monoisotopic (exact) mass is 295 g/mol. The molecule has 0 aliphatic carbocycles. The highest BCUT2D eigenvalue weighted by molar-refractivity contribution is 5.88. The first-order valence-corrected chi connectivity index (χ1v) is 7.02. The van der Waals surface area contributed by atoms with Crippen LogP contribution in [-0.4, -0.2) is 62.0 Å². The molecule has 1 atom stereocenters. The van der Waals surface area contributed by atoms with Gasteiger partial charge in [-0.3, -0.25) is 4.90 Å². The van der Waals surface area contributed by atoms with Crippen LogP contribution in [-0.2, 0) is 4.74 Å². The molecule has 1 N–H and O–H groups in total. The largest absolute Gasteiger partial charge is 0.493 e. The molecule has 0 spiro atoms. The van der Waals surface area contributed by atoms with Crippen LogP contribution in [0.2, 0.25) is 0 Å². The number of ether oxygens (including phenoxy) is 3. The van der Waals surface area contributed by atoms with Gasteiger partial charge in [0.2, 0.25) is 0 Å². The fraction of sp³-hybridized carbons (Fsp3) is 0.533. The number of carboxylic acids is 1. The van der Waals surface area contributed by atoms with Gasteiger partial charge in [0.15, 0.2) is 11.5 Å². The Bertz CT molecular complexity index is 491. The van der Waals surface area contributed by atoms with Crippen molar-refractivity contribution >= 4 is 5.97 Å². The zero-order valence-electron chi connectivity index (χ0n) is 12.4. The normalized spacial score (nSPS) is 19.2. The van der Waals surface area contributed by atoms with Gasteiger partial charge in [-0.05, 0) is 24.7 Å². The maximum absolute atomic E-state index is 11.0. The van der Waals surface area contributed by atoms with Crippen molar-refractivity contribution in [3.63, 3.8) is 0 Å². The van der Waals surface area contributed by atoms with Crippen molar-refractivity contribution in [2.45, 2.75) is 13.0 Å². The highest BCUT2D eigenvalue weighted by Gasteiger charge is 2.20. The van der Waals surface area contributed by atoms with Crippen molar-refractivity contribution in [3.05, 3.63) is 23.8 Å². The lowest BCUT2D eigenvalue weighted by Crippen LogP contribution is -2.44. The molecule has 1 aliphatic heterocycles. The zero-order valence-corrected chi connectivity index (χ0v) is 12.4. The summed E-state index contributed by atoms with van der Waals surface area (Å²) in [7, 11) is 1.53. The Labute approximate surface area is 124 Å². The van der Waals surface area contributed by atoms with Crippen LogP contribution in [0.4, 0.5) is 0 Å². The number of hydrogen-bond acceptors (Lipinski definition) is 5. The standard InChI is InChI=1S/C15H21NO5/c1-3-16-6-7-20-12(9-16)10-21-14-8-11(15(17)18)4-5-13(14)19-2/h4-5,8,12H,3,6-7,9-10H2,1-2H3,(H,17,18). The van der Waals surface area contributed by atoms with Crippen LogP contribution in [0.1, 0.15) is 17.3 Å². The minimum absolute atomic E-state index is 0.0168. The van der Waals surface area contributed by atoms with Gasteiger partial charge in [-0.25, -0.2) is 4.79 Å². The SMILES string of the molecule is CCN1CCOC(COc2cc(C(=O)O)ccc2OC)C1. The molecule has 0 radical (unpaired) electrons. The van der Waals surface area contributed by atoms with Crippen LogP contribution in [0, 0.1) is 0 Å². The molecule has 0 aromatic heterocycles. The average molecular weight is 295 g/mol. The van der Waals surface area contributed by atoms with Crippen LogP contribution in [0.5, 0.6) is 11.5 Å². The number of nitrogens with zero attached hydrogens (tertiary/aromatic N) is 1. The van der Waals surface area contributed by atoms with E-state index in [2.05, 4.69) is 11.8 Å². The van der Waals surface area contributed by atoms with Gasteiger partial charge in [-0.15, -0.1) is 0 Å². The molecular formula is C15H21NO5. The number of likely N-dealkylation sites (N-methyl/N-ethyl adjacent to an activating group) is 1. The van der Waals surface area contributed by atoms with Gasteiger partial charge < -0.3 is 19.3 Å². The third kappa shape index (κ3) is 4.09. The quantitative estimate of drug-likeness (QED) is 0.857. The summed E-state index contributed by atoms with van der Waals surface area (Å²) in [6, 6.07) is 4.56. The number of hydrogen-bond donors (Lipinski definition) is 1. The summed E-state index contributed by atoms with van der Waals surface area (Å²) < 4.78 is 16.6. The number of aromatic carboxylic acids is 1. The Hall–Kier alpha value is -1.79. The Morgan fingerprint density at radius 3 is 2.95 bits per heavy atom. The van der Waals surface area contributed by atoms with Gasteiger partial charge in [-0.1, -0.05) is 6.92 Å². The summed E-state index contributed by atoms with van der Waals surface area (Å²) in [5.41, 5.74) is 0.172. The van der Waals surface area contributed by atoms with Gasteiger partial charge in [0.25, 0.3) is 0 Å². The van der Waals surface area contributed by atoms with Gasteiger partial charge in [0.05, 0.1) is 19.3 Å². The van der Waals surface area contributed by atoms with Gasteiger partial charge in [0, 0.05) is 13.1 Å². The molecule has 1 heterocycles. The summed E-state index contributed by atoms with van der Waals surface area (Å²) in [6.45, 7) is 5.91. The fourth-order valence-corrected chi connectivity index (χ4v) is 2.27. The lowest BCUT2D eigenvalue weighted by atomic mass is 10.2. The Morgan fingerprint density at radius 1 is 1.48 bits per heavy atom. The molecule has 0 bridgehead atoms. The second-order valence-corrected chi connectivity index (χ2v) is 4.87. The van der Waals surface area contributed by atoms with Crippen LogP contribution in [0.15, 0.2) is 18.2 Å². The number of morpholine rings is 1. The van der Waals surface area contributed by atoms with E-state index in [-0.39, 0.29) is 11.7 Å². The molecule has 21 heavy (non-hydrogen) atoms. The summed E-state index contributed by atoms with van der Waals surface area (Å²) >= 11 is 0. The van der Waals surface area contributed by atoms with E-state index in [1.165, 1.54) is 19.2 Å². The molecule has 0 saturated carbocycles. The lowest BCUT2D eigenvalue weighted by Gasteiger charge is -2.31. The maximum atomic E-state index is 11.0. The van der Waals surface area contributed by atoms with Crippen molar-refractivity contribution in [1.29, 1.82) is 0 Å². The molecular weight excluding hydrogens is 274 g/mol. The summed E-state index contributed by atoms with van der Waals surface area (Å²) in [6.07, 6.45) is -0.0168. The van der Waals surface area contributed by atoms with E-state index in [9.17, 15) is 4.79 Å². The van der Waals surface area contributed by atoms with E-state index in [0.717, 1.165) is 19.6 Å². The minimum Gasteiger partial charge on any atom is -0.493 e. The molecule has 116 valence electrons. The maximum Gasteiger partial charge on any atom is 0.335 e. The number of rotatable bonds is 6. The van der Waals surface area contributed by atoms with Gasteiger partial charge in [0.1, 0.15) is 12.7 Å². The first kappa shape index (κ1) is 15.6. The average Bonchev–Trinajstić information content (AvgIpc) is 2.52. The zero-order chi connectivity index (χ0) is 15.2. The summed E-state index contributed by atoms with van der Waals surface area (Å²) in [5.74, 6) is -0.0497. The van der Waals surface area contributed by atoms with Crippen LogP contribution < -0.4 is 9.47 Å². The van der Waals surface area contributed by atoms with Crippen molar-refractivity contribution in [2.24, 2.45) is 0 Å². The van der Waals surface area contributed by atoms with E-state index in [1.54, 1.807) is 6.07 Å². The highest BCUT2D eigenvalue weighted by Crippen LogP contribution is 2.28. The van der Waals surface area contributed by atoms with Gasteiger partial charge in [-0.2, -0.15) is 0 Å². The van der Waals surface area contributed by atoms with Gasteiger partial charge >= 0.3 is 5.97 Å². The molecule has 1 aromatic carbocycles. The fourth-order valence-electron chi connectivity index (χ4n) is 2.27. The molecule has 2 rings (SSSR count).